The number of aryl methyl sites for hydroxylation is 1. The fraction of sp³-hybridized carbons (Fsp3) is 0.474. The first kappa shape index (κ1) is 17.3. The Hall–Kier alpha value is -2.50. The molecule has 1 aromatic carbocycles. The van der Waals surface area contributed by atoms with Gasteiger partial charge in [-0.05, 0) is 30.0 Å². The number of rotatable bonds is 6. The number of benzene rings is 1. The molecule has 25 heavy (non-hydrogen) atoms. The van der Waals surface area contributed by atoms with E-state index in [-0.39, 0.29) is 5.91 Å². The Kier molecular flexibility index (Phi) is 4.70. The van der Waals surface area contributed by atoms with Gasteiger partial charge in [-0.2, -0.15) is 5.10 Å². The zero-order valence-corrected chi connectivity index (χ0v) is 15.5. The van der Waals surface area contributed by atoms with E-state index in [1.165, 1.54) is 0 Å². The van der Waals surface area contributed by atoms with Crippen molar-refractivity contribution in [3.8, 4) is 22.8 Å². The molecule has 1 N–H and O–H groups in total. The van der Waals surface area contributed by atoms with Crippen LogP contribution in [0.5, 0.6) is 11.5 Å². The maximum atomic E-state index is 12.6. The molecule has 134 valence electrons. The predicted octanol–water partition coefficient (Wildman–Crippen LogP) is 2.78. The van der Waals surface area contributed by atoms with E-state index < -0.39 is 0 Å². The van der Waals surface area contributed by atoms with E-state index in [0.717, 1.165) is 28.8 Å². The van der Waals surface area contributed by atoms with Crippen molar-refractivity contribution in [2.75, 3.05) is 20.8 Å². The van der Waals surface area contributed by atoms with E-state index in [1.807, 2.05) is 19.2 Å². The van der Waals surface area contributed by atoms with Crippen molar-refractivity contribution in [2.45, 2.75) is 26.7 Å². The van der Waals surface area contributed by atoms with Crippen LogP contribution in [0.15, 0.2) is 12.1 Å². The largest absolute Gasteiger partial charge is 0.493 e. The van der Waals surface area contributed by atoms with E-state index in [0.29, 0.717) is 36.1 Å². The van der Waals surface area contributed by atoms with Gasteiger partial charge in [-0.1, -0.05) is 13.8 Å². The van der Waals surface area contributed by atoms with E-state index in [9.17, 15) is 4.79 Å². The van der Waals surface area contributed by atoms with Gasteiger partial charge in [0.15, 0.2) is 17.2 Å². The second-order valence-corrected chi connectivity index (χ2v) is 6.78. The van der Waals surface area contributed by atoms with Crippen LogP contribution in [0.4, 0.5) is 0 Å². The molecule has 0 spiro atoms. The lowest BCUT2D eigenvalue weighted by Crippen LogP contribution is -2.26. The molecule has 0 atom stereocenters. The molecule has 1 aromatic heterocycles. The molecule has 6 heteroatoms. The number of nitrogens with zero attached hydrogens (tertiary/aromatic N) is 2. The van der Waals surface area contributed by atoms with Crippen LogP contribution in [0.3, 0.4) is 0 Å². The Labute approximate surface area is 148 Å². The maximum Gasteiger partial charge on any atom is 0.272 e. The molecule has 1 heterocycles. The first-order valence-corrected chi connectivity index (χ1v) is 8.55. The van der Waals surface area contributed by atoms with Gasteiger partial charge in [0.25, 0.3) is 5.91 Å². The number of hydrogen-bond donors (Lipinski definition) is 1. The molecule has 0 unspecified atom stereocenters. The smallest absolute Gasteiger partial charge is 0.272 e. The molecule has 6 nitrogen and oxygen atoms in total. The first-order chi connectivity index (χ1) is 12.0. The number of aromatic nitrogens is 2. The molecule has 1 aliphatic rings. The van der Waals surface area contributed by atoms with Crippen LogP contribution in [0, 0.1) is 5.92 Å². The number of carbonyl (C=O) groups excluding carboxylic acids is 1. The Bertz CT molecular complexity index is 809. The number of hydrogen-bond acceptors (Lipinski definition) is 4. The van der Waals surface area contributed by atoms with Crippen LogP contribution in [-0.2, 0) is 13.5 Å². The average molecular weight is 343 g/mol. The third-order valence-electron chi connectivity index (χ3n) is 4.60. The summed E-state index contributed by atoms with van der Waals surface area (Å²) in [5.74, 6) is 1.83. The van der Waals surface area contributed by atoms with Gasteiger partial charge in [-0.3, -0.25) is 9.48 Å². The summed E-state index contributed by atoms with van der Waals surface area (Å²) in [4.78, 5) is 12.6. The van der Waals surface area contributed by atoms with Crippen molar-refractivity contribution < 1.29 is 14.3 Å². The van der Waals surface area contributed by atoms with Gasteiger partial charge in [0.2, 0.25) is 0 Å². The zero-order valence-electron chi connectivity index (χ0n) is 15.5. The summed E-state index contributed by atoms with van der Waals surface area (Å²) in [6.07, 6.45) is 1.63. The lowest BCUT2D eigenvalue weighted by atomic mass is 10.1. The third-order valence-corrected chi connectivity index (χ3v) is 4.60. The highest BCUT2D eigenvalue weighted by Crippen LogP contribution is 2.43. The van der Waals surface area contributed by atoms with Gasteiger partial charge in [-0.15, -0.1) is 0 Å². The number of ether oxygens (including phenoxy) is 2. The highest BCUT2D eigenvalue weighted by atomic mass is 16.5. The molecule has 3 rings (SSSR count). The summed E-state index contributed by atoms with van der Waals surface area (Å²) >= 11 is 0. The summed E-state index contributed by atoms with van der Waals surface area (Å²) in [6, 6.07) is 3.94. The highest BCUT2D eigenvalue weighted by molar-refractivity contribution is 5.97. The Balaban J connectivity index is 1.93. The molecular formula is C19H25N3O3. The fourth-order valence-corrected chi connectivity index (χ4v) is 3.29. The molecule has 0 bridgehead atoms. The van der Waals surface area contributed by atoms with Crippen LogP contribution in [0.1, 0.15) is 41.9 Å². The van der Waals surface area contributed by atoms with Crippen molar-refractivity contribution >= 4 is 5.91 Å². The van der Waals surface area contributed by atoms with Gasteiger partial charge >= 0.3 is 0 Å². The van der Waals surface area contributed by atoms with Crippen LogP contribution in [-0.4, -0.2) is 36.5 Å². The van der Waals surface area contributed by atoms with Crippen molar-refractivity contribution in [3.05, 3.63) is 29.0 Å². The number of carbonyl (C=O) groups is 1. The minimum Gasteiger partial charge on any atom is -0.493 e. The Morgan fingerprint density at radius 2 is 1.96 bits per heavy atom. The SMILES string of the molecule is COc1cc2c(cc1OC)-c1c(c(C(=O)NCCC(C)C)nn1C)C2. The number of amides is 1. The molecule has 2 aromatic rings. The minimum absolute atomic E-state index is 0.107. The molecular weight excluding hydrogens is 318 g/mol. The molecule has 0 radical (unpaired) electrons. The average Bonchev–Trinajstić information content (AvgIpc) is 3.10. The second-order valence-electron chi connectivity index (χ2n) is 6.78. The fourth-order valence-electron chi connectivity index (χ4n) is 3.29. The Morgan fingerprint density at radius 3 is 2.60 bits per heavy atom. The van der Waals surface area contributed by atoms with E-state index in [1.54, 1.807) is 18.9 Å². The molecule has 0 saturated heterocycles. The summed E-state index contributed by atoms with van der Waals surface area (Å²) < 4.78 is 12.6. The van der Waals surface area contributed by atoms with Crippen LogP contribution in [0.25, 0.3) is 11.3 Å². The first-order valence-electron chi connectivity index (χ1n) is 8.55. The molecule has 1 aliphatic carbocycles. The minimum atomic E-state index is -0.107. The molecule has 1 amide bonds. The van der Waals surface area contributed by atoms with Crippen molar-refractivity contribution in [2.24, 2.45) is 13.0 Å². The summed E-state index contributed by atoms with van der Waals surface area (Å²) in [5.41, 5.74) is 4.62. The normalized spacial score (nSPS) is 12.1. The quantitative estimate of drug-likeness (QED) is 0.747. The van der Waals surface area contributed by atoms with Crippen molar-refractivity contribution in [1.82, 2.24) is 15.1 Å². The topological polar surface area (TPSA) is 65.4 Å². The third kappa shape index (κ3) is 3.08. The zero-order chi connectivity index (χ0) is 18.1. The second kappa shape index (κ2) is 6.78. The van der Waals surface area contributed by atoms with Crippen molar-refractivity contribution in [1.29, 1.82) is 0 Å². The van der Waals surface area contributed by atoms with Crippen LogP contribution < -0.4 is 14.8 Å². The lowest BCUT2D eigenvalue weighted by molar-refractivity contribution is 0.0945. The van der Waals surface area contributed by atoms with E-state index in [4.69, 9.17) is 9.47 Å². The van der Waals surface area contributed by atoms with Gasteiger partial charge in [0.05, 0.1) is 19.9 Å². The predicted molar refractivity (Wildman–Crippen MR) is 96.3 cm³/mol. The van der Waals surface area contributed by atoms with Gasteiger partial charge in [0.1, 0.15) is 0 Å². The standard InChI is InChI=1S/C19H25N3O3/c1-11(2)6-7-20-19(23)17-14-8-12-9-15(24-4)16(25-5)10-13(12)18(14)22(3)21-17/h9-11H,6-8H2,1-5H3,(H,20,23). The van der Waals surface area contributed by atoms with Gasteiger partial charge in [-0.25, -0.2) is 0 Å². The Morgan fingerprint density at radius 1 is 1.28 bits per heavy atom. The monoisotopic (exact) mass is 343 g/mol. The van der Waals surface area contributed by atoms with Crippen LogP contribution in [0.2, 0.25) is 0 Å². The number of nitrogens with one attached hydrogen (secondary N) is 1. The van der Waals surface area contributed by atoms with Gasteiger partial charge in [0, 0.05) is 31.1 Å². The molecule has 0 fully saturated rings. The van der Waals surface area contributed by atoms with Crippen LogP contribution >= 0.6 is 0 Å². The number of fused-ring (bicyclic) bond motifs is 3. The number of methoxy groups -OCH3 is 2. The van der Waals surface area contributed by atoms with E-state index >= 15 is 0 Å². The molecule has 0 aliphatic heterocycles. The summed E-state index contributed by atoms with van der Waals surface area (Å²) in [7, 11) is 5.12. The molecule has 0 saturated carbocycles. The van der Waals surface area contributed by atoms with Crippen molar-refractivity contribution in [3.63, 3.8) is 0 Å². The summed E-state index contributed by atoms with van der Waals surface area (Å²) in [5, 5.41) is 7.44. The maximum absolute atomic E-state index is 12.6. The summed E-state index contributed by atoms with van der Waals surface area (Å²) in [6.45, 7) is 4.94. The van der Waals surface area contributed by atoms with E-state index in [2.05, 4.69) is 24.3 Å². The lowest BCUT2D eigenvalue weighted by Gasteiger charge is -2.11. The highest BCUT2D eigenvalue weighted by Gasteiger charge is 2.30. The van der Waals surface area contributed by atoms with Gasteiger partial charge < -0.3 is 14.8 Å².